The molecule has 0 N–H and O–H groups in total. The van der Waals surface area contributed by atoms with E-state index in [0.717, 1.165) is 12.8 Å². The van der Waals surface area contributed by atoms with Crippen molar-refractivity contribution in [1.29, 1.82) is 0 Å². The van der Waals surface area contributed by atoms with Crippen molar-refractivity contribution in [3.8, 4) is 0 Å². The van der Waals surface area contributed by atoms with Crippen molar-refractivity contribution in [3.05, 3.63) is 0 Å². The van der Waals surface area contributed by atoms with Gasteiger partial charge in [0.15, 0.2) is 0 Å². The number of hydrogen-bond acceptors (Lipinski definition) is 3. The lowest BCUT2D eigenvalue weighted by Gasteiger charge is -2.21. The average molecular weight is 383 g/mol. The summed E-state index contributed by atoms with van der Waals surface area (Å²) in [5.41, 5.74) is 0. The third kappa shape index (κ3) is 16.1. The lowest BCUT2D eigenvalue weighted by atomic mass is 9.98. The van der Waals surface area contributed by atoms with Gasteiger partial charge in [-0.25, -0.2) is 0 Å². The van der Waals surface area contributed by atoms with Gasteiger partial charge in [0.1, 0.15) is 6.61 Å². The van der Waals surface area contributed by atoms with Crippen LogP contribution >= 0.6 is 0 Å². The maximum atomic E-state index is 11.7. The molecule has 0 spiro atoms. The van der Waals surface area contributed by atoms with Gasteiger partial charge < -0.3 is 9.47 Å². The summed E-state index contributed by atoms with van der Waals surface area (Å²) in [5, 5.41) is 0. The molecule has 1 rings (SSSR count). The molecule has 0 saturated heterocycles. The van der Waals surface area contributed by atoms with Gasteiger partial charge in [0.05, 0.1) is 12.7 Å². The normalized spacial score (nSPS) is 15.1. The highest BCUT2D eigenvalue weighted by Gasteiger charge is 2.13. The standard InChI is InChI=1S/C24H46O3/c1-2-3-4-5-6-7-8-9-10-11-12-13-17-20-24(25)27-22-21-26-23-18-15-14-16-19-23/h23H,2-22H2,1H3. The van der Waals surface area contributed by atoms with Crippen LogP contribution in [0.15, 0.2) is 0 Å². The Balaban J connectivity index is 1.74. The number of carbonyl (C=O) groups is 1. The minimum atomic E-state index is -0.0506. The van der Waals surface area contributed by atoms with Crippen molar-refractivity contribution in [2.75, 3.05) is 13.2 Å². The van der Waals surface area contributed by atoms with Gasteiger partial charge in [-0.1, -0.05) is 103 Å². The molecule has 0 amide bonds. The topological polar surface area (TPSA) is 35.5 Å². The average Bonchev–Trinajstić information content (AvgIpc) is 2.69. The zero-order chi connectivity index (χ0) is 19.4. The zero-order valence-corrected chi connectivity index (χ0v) is 18.2. The van der Waals surface area contributed by atoms with Crippen LogP contribution in [0, 0.1) is 0 Å². The van der Waals surface area contributed by atoms with Crippen LogP contribution in [0.3, 0.4) is 0 Å². The molecular formula is C24H46O3. The van der Waals surface area contributed by atoms with Crippen LogP contribution in [0.2, 0.25) is 0 Å². The fourth-order valence-electron chi connectivity index (χ4n) is 3.96. The Morgan fingerprint density at radius 3 is 1.78 bits per heavy atom. The molecule has 0 heterocycles. The highest BCUT2D eigenvalue weighted by Crippen LogP contribution is 2.20. The maximum Gasteiger partial charge on any atom is 0.305 e. The van der Waals surface area contributed by atoms with Crippen LogP contribution in [-0.2, 0) is 14.3 Å². The van der Waals surface area contributed by atoms with Gasteiger partial charge in [-0.05, 0) is 19.3 Å². The van der Waals surface area contributed by atoms with E-state index in [2.05, 4.69) is 6.92 Å². The van der Waals surface area contributed by atoms with Crippen molar-refractivity contribution < 1.29 is 14.3 Å². The molecule has 1 saturated carbocycles. The molecule has 0 atom stereocenters. The van der Waals surface area contributed by atoms with Crippen LogP contribution in [0.5, 0.6) is 0 Å². The first-order chi connectivity index (χ1) is 13.3. The lowest BCUT2D eigenvalue weighted by molar-refractivity contribution is -0.146. The highest BCUT2D eigenvalue weighted by atomic mass is 16.6. The Morgan fingerprint density at radius 2 is 1.22 bits per heavy atom. The fourth-order valence-corrected chi connectivity index (χ4v) is 3.96. The Labute approximate surface area is 169 Å². The second-order valence-corrected chi connectivity index (χ2v) is 8.34. The summed E-state index contributed by atoms with van der Waals surface area (Å²) >= 11 is 0. The van der Waals surface area contributed by atoms with Gasteiger partial charge >= 0.3 is 5.97 Å². The maximum absolute atomic E-state index is 11.7. The number of carbonyl (C=O) groups excluding carboxylic acids is 1. The van der Waals surface area contributed by atoms with Gasteiger partial charge in [0, 0.05) is 6.42 Å². The van der Waals surface area contributed by atoms with Crippen molar-refractivity contribution in [2.24, 2.45) is 0 Å². The third-order valence-electron chi connectivity index (χ3n) is 5.74. The summed E-state index contributed by atoms with van der Waals surface area (Å²) < 4.78 is 11.1. The summed E-state index contributed by atoms with van der Waals surface area (Å²) in [6.07, 6.45) is 24.5. The molecular weight excluding hydrogens is 336 g/mol. The monoisotopic (exact) mass is 382 g/mol. The Hall–Kier alpha value is -0.570. The quantitative estimate of drug-likeness (QED) is 0.183. The zero-order valence-electron chi connectivity index (χ0n) is 18.2. The van der Waals surface area contributed by atoms with Crippen molar-refractivity contribution in [3.63, 3.8) is 0 Å². The minimum Gasteiger partial charge on any atom is -0.463 e. The van der Waals surface area contributed by atoms with Crippen LogP contribution in [0.1, 0.15) is 129 Å². The first-order valence-electron chi connectivity index (χ1n) is 12.1. The molecule has 1 aliphatic carbocycles. The largest absolute Gasteiger partial charge is 0.463 e. The molecule has 0 bridgehead atoms. The third-order valence-corrected chi connectivity index (χ3v) is 5.74. The minimum absolute atomic E-state index is 0.0506. The SMILES string of the molecule is CCCCCCCCCCCCCCCC(=O)OCCOC1CCCCC1. The van der Waals surface area contributed by atoms with E-state index >= 15 is 0 Å². The Morgan fingerprint density at radius 1 is 0.704 bits per heavy atom. The summed E-state index contributed by atoms with van der Waals surface area (Å²) in [6, 6.07) is 0. The van der Waals surface area contributed by atoms with Crippen molar-refractivity contribution >= 4 is 5.97 Å². The number of esters is 1. The fraction of sp³-hybridized carbons (Fsp3) is 0.958. The first-order valence-corrected chi connectivity index (χ1v) is 12.1. The summed E-state index contributed by atoms with van der Waals surface area (Å²) in [5.74, 6) is -0.0506. The van der Waals surface area contributed by atoms with E-state index in [1.54, 1.807) is 0 Å². The van der Waals surface area contributed by atoms with E-state index in [4.69, 9.17) is 9.47 Å². The van der Waals surface area contributed by atoms with E-state index in [1.807, 2.05) is 0 Å². The van der Waals surface area contributed by atoms with E-state index in [-0.39, 0.29) is 5.97 Å². The smallest absolute Gasteiger partial charge is 0.305 e. The van der Waals surface area contributed by atoms with Crippen molar-refractivity contribution in [2.45, 2.75) is 135 Å². The van der Waals surface area contributed by atoms with Crippen LogP contribution in [-0.4, -0.2) is 25.3 Å². The second-order valence-electron chi connectivity index (χ2n) is 8.34. The molecule has 0 unspecified atom stereocenters. The summed E-state index contributed by atoms with van der Waals surface area (Å²) in [6.45, 7) is 3.26. The highest BCUT2D eigenvalue weighted by molar-refractivity contribution is 5.69. The molecule has 0 aromatic rings. The molecule has 160 valence electrons. The summed E-state index contributed by atoms with van der Waals surface area (Å²) in [4.78, 5) is 11.7. The second kappa shape index (κ2) is 18.8. The molecule has 3 nitrogen and oxygen atoms in total. The van der Waals surface area contributed by atoms with Crippen LogP contribution < -0.4 is 0 Å². The van der Waals surface area contributed by atoms with E-state index in [9.17, 15) is 4.79 Å². The molecule has 0 aliphatic heterocycles. The number of rotatable bonds is 18. The van der Waals surface area contributed by atoms with Crippen LogP contribution in [0.4, 0.5) is 0 Å². The predicted molar refractivity (Wildman–Crippen MR) is 114 cm³/mol. The molecule has 1 fully saturated rings. The van der Waals surface area contributed by atoms with E-state index < -0.39 is 0 Å². The molecule has 0 radical (unpaired) electrons. The van der Waals surface area contributed by atoms with E-state index in [0.29, 0.717) is 25.7 Å². The van der Waals surface area contributed by atoms with Crippen LogP contribution in [0.25, 0.3) is 0 Å². The molecule has 1 aliphatic rings. The van der Waals surface area contributed by atoms with Crippen molar-refractivity contribution in [1.82, 2.24) is 0 Å². The number of ether oxygens (including phenoxy) is 2. The van der Waals surface area contributed by atoms with Gasteiger partial charge in [0.25, 0.3) is 0 Å². The predicted octanol–water partition coefficient (Wildman–Crippen LogP) is 7.36. The Kier molecular flexibility index (Phi) is 17.0. The Bertz CT molecular complexity index is 324. The molecule has 0 aromatic carbocycles. The summed E-state index contributed by atoms with van der Waals surface area (Å²) in [7, 11) is 0. The van der Waals surface area contributed by atoms with Gasteiger partial charge in [-0.15, -0.1) is 0 Å². The number of unbranched alkanes of at least 4 members (excludes halogenated alkanes) is 12. The van der Waals surface area contributed by atoms with Gasteiger partial charge in [0.2, 0.25) is 0 Å². The lowest BCUT2D eigenvalue weighted by Crippen LogP contribution is -2.20. The van der Waals surface area contributed by atoms with Gasteiger partial charge in [-0.3, -0.25) is 4.79 Å². The molecule has 27 heavy (non-hydrogen) atoms. The molecule has 0 aromatic heterocycles. The van der Waals surface area contributed by atoms with E-state index in [1.165, 1.54) is 103 Å². The number of hydrogen-bond donors (Lipinski definition) is 0. The van der Waals surface area contributed by atoms with Gasteiger partial charge in [-0.2, -0.15) is 0 Å². The first kappa shape index (κ1) is 24.5. The molecule has 3 heteroatoms.